The van der Waals surface area contributed by atoms with Crippen molar-refractivity contribution >= 4 is 0 Å². The number of hydrogen-bond acceptors (Lipinski definition) is 1. The minimum absolute atomic E-state index is 0.760. The summed E-state index contributed by atoms with van der Waals surface area (Å²) in [5.41, 5.74) is 2.12. The lowest BCUT2D eigenvalue weighted by molar-refractivity contribution is 0.565. The highest BCUT2D eigenvalue weighted by Gasteiger charge is 1.95. The fraction of sp³-hybridized carbons (Fsp3) is 0.611. The summed E-state index contributed by atoms with van der Waals surface area (Å²) >= 11 is 0. The van der Waals surface area contributed by atoms with Gasteiger partial charge in [-0.3, -0.25) is 0 Å². The molecule has 0 aromatic heterocycles. The Kier molecular flexibility index (Phi) is 8.81. The Labute approximate surface area is 118 Å². The molecule has 1 aromatic rings. The second-order valence-electron chi connectivity index (χ2n) is 5.39. The highest BCUT2D eigenvalue weighted by atomic mass is 14.2. The summed E-state index contributed by atoms with van der Waals surface area (Å²) in [4.78, 5) is 0. The molecule has 0 radical (unpaired) electrons. The predicted molar refractivity (Wildman–Crippen MR) is 82.1 cm³/mol. The van der Waals surface area contributed by atoms with Gasteiger partial charge in [-0.1, -0.05) is 70.4 Å². The summed E-state index contributed by atoms with van der Waals surface area (Å²) in [6, 6.07) is 10.2. The van der Waals surface area contributed by atoms with Gasteiger partial charge in [-0.25, -0.2) is 0 Å². The fourth-order valence-electron chi connectivity index (χ4n) is 2.39. The molecule has 0 spiro atoms. The van der Waals surface area contributed by atoms with Gasteiger partial charge in [0.2, 0.25) is 0 Å². The molecule has 0 aliphatic carbocycles. The Morgan fingerprint density at radius 3 is 1.84 bits per heavy atom. The van der Waals surface area contributed by atoms with E-state index >= 15 is 0 Å². The summed E-state index contributed by atoms with van der Waals surface area (Å²) in [5.74, 6) is 0. The van der Waals surface area contributed by atoms with Crippen molar-refractivity contribution < 1.29 is 0 Å². The van der Waals surface area contributed by atoms with E-state index in [1.807, 2.05) is 12.1 Å². The quantitative estimate of drug-likeness (QED) is 0.498. The van der Waals surface area contributed by atoms with Crippen LogP contribution in [0.3, 0.4) is 0 Å². The molecule has 0 unspecified atom stereocenters. The van der Waals surface area contributed by atoms with Gasteiger partial charge in [0, 0.05) is 0 Å². The van der Waals surface area contributed by atoms with Crippen LogP contribution in [0.1, 0.15) is 75.8 Å². The molecular weight excluding hydrogens is 230 g/mol. The standard InChI is InChI=1S/C18H27N/c1-2-3-4-5-6-7-8-9-10-11-17-12-14-18(16-19)15-13-17/h12-15H,2-11H2,1H3. The van der Waals surface area contributed by atoms with Crippen LogP contribution in [0.4, 0.5) is 0 Å². The first-order valence-corrected chi connectivity index (χ1v) is 7.86. The van der Waals surface area contributed by atoms with E-state index in [0.717, 1.165) is 12.0 Å². The lowest BCUT2D eigenvalue weighted by Crippen LogP contribution is -1.87. The summed E-state index contributed by atoms with van der Waals surface area (Å²) in [6.45, 7) is 2.27. The zero-order chi connectivity index (χ0) is 13.8. The number of rotatable bonds is 10. The predicted octanol–water partition coefficient (Wildman–Crippen LogP) is 5.63. The summed E-state index contributed by atoms with van der Waals surface area (Å²) < 4.78 is 0. The third-order valence-corrected chi connectivity index (χ3v) is 3.65. The molecule has 0 N–H and O–H groups in total. The van der Waals surface area contributed by atoms with E-state index in [1.165, 1.54) is 63.4 Å². The lowest BCUT2D eigenvalue weighted by Gasteiger charge is -2.03. The average Bonchev–Trinajstić information content (AvgIpc) is 2.46. The van der Waals surface area contributed by atoms with Gasteiger partial charge < -0.3 is 0 Å². The molecule has 104 valence electrons. The van der Waals surface area contributed by atoms with Crippen molar-refractivity contribution in [2.45, 2.75) is 71.1 Å². The average molecular weight is 257 g/mol. The van der Waals surface area contributed by atoms with E-state index in [2.05, 4.69) is 25.1 Å². The zero-order valence-electron chi connectivity index (χ0n) is 12.3. The molecule has 1 aromatic carbocycles. The maximum atomic E-state index is 8.73. The molecule has 1 heteroatoms. The van der Waals surface area contributed by atoms with Crippen LogP contribution in [0.15, 0.2) is 24.3 Å². The van der Waals surface area contributed by atoms with Crippen LogP contribution >= 0.6 is 0 Å². The van der Waals surface area contributed by atoms with Gasteiger partial charge in [-0.15, -0.1) is 0 Å². The first-order valence-electron chi connectivity index (χ1n) is 7.86. The maximum absolute atomic E-state index is 8.73. The monoisotopic (exact) mass is 257 g/mol. The minimum atomic E-state index is 0.760. The second-order valence-corrected chi connectivity index (χ2v) is 5.39. The molecule has 1 rings (SSSR count). The van der Waals surface area contributed by atoms with Crippen LogP contribution < -0.4 is 0 Å². The normalized spacial score (nSPS) is 10.3. The number of nitriles is 1. The van der Waals surface area contributed by atoms with E-state index in [1.54, 1.807) is 0 Å². The van der Waals surface area contributed by atoms with Gasteiger partial charge in [0.1, 0.15) is 0 Å². The first kappa shape index (κ1) is 15.8. The number of aryl methyl sites for hydroxylation is 1. The van der Waals surface area contributed by atoms with Crippen molar-refractivity contribution in [3.8, 4) is 6.07 Å². The fourth-order valence-corrected chi connectivity index (χ4v) is 2.39. The third-order valence-electron chi connectivity index (χ3n) is 3.65. The van der Waals surface area contributed by atoms with Gasteiger partial charge in [-0.2, -0.15) is 5.26 Å². The van der Waals surface area contributed by atoms with Gasteiger partial charge >= 0.3 is 0 Å². The lowest BCUT2D eigenvalue weighted by atomic mass is 10.0. The van der Waals surface area contributed by atoms with Crippen LogP contribution in [0, 0.1) is 11.3 Å². The van der Waals surface area contributed by atoms with Crippen molar-refractivity contribution in [1.82, 2.24) is 0 Å². The van der Waals surface area contributed by atoms with Crippen molar-refractivity contribution in [3.05, 3.63) is 35.4 Å². The van der Waals surface area contributed by atoms with Crippen molar-refractivity contribution in [2.75, 3.05) is 0 Å². The molecule has 0 bridgehead atoms. The molecule has 0 fully saturated rings. The molecular formula is C18H27N. The number of benzene rings is 1. The Hall–Kier alpha value is -1.29. The van der Waals surface area contributed by atoms with Gasteiger partial charge in [0.25, 0.3) is 0 Å². The highest BCUT2D eigenvalue weighted by Crippen LogP contribution is 2.12. The number of nitrogens with zero attached hydrogens (tertiary/aromatic N) is 1. The van der Waals surface area contributed by atoms with Gasteiger partial charge in [-0.05, 0) is 30.5 Å². The van der Waals surface area contributed by atoms with Crippen molar-refractivity contribution in [1.29, 1.82) is 5.26 Å². The van der Waals surface area contributed by atoms with Crippen LogP contribution in [-0.2, 0) is 6.42 Å². The molecule has 1 nitrogen and oxygen atoms in total. The third kappa shape index (κ3) is 7.67. The Balaban J connectivity index is 1.97. The van der Waals surface area contributed by atoms with Crippen LogP contribution in [0.5, 0.6) is 0 Å². The van der Waals surface area contributed by atoms with Crippen LogP contribution in [-0.4, -0.2) is 0 Å². The molecule has 0 atom stereocenters. The number of hydrogen-bond donors (Lipinski definition) is 0. The number of unbranched alkanes of at least 4 members (excludes halogenated alkanes) is 8. The van der Waals surface area contributed by atoms with E-state index in [-0.39, 0.29) is 0 Å². The van der Waals surface area contributed by atoms with E-state index < -0.39 is 0 Å². The summed E-state index contributed by atoms with van der Waals surface area (Å²) in [5, 5.41) is 8.73. The highest BCUT2D eigenvalue weighted by molar-refractivity contribution is 5.31. The Morgan fingerprint density at radius 2 is 1.32 bits per heavy atom. The Morgan fingerprint density at radius 1 is 0.789 bits per heavy atom. The van der Waals surface area contributed by atoms with Crippen molar-refractivity contribution in [3.63, 3.8) is 0 Å². The molecule has 0 heterocycles. The zero-order valence-corrected chi connectivity index (χ0v) is 12.3. The maximum Gasteiger partial charge on any atom is 0.0991 e. The largest absolute Gasteiger partial charge is 0.192 e. The van der Waals surface area contributed by atoms with E-state index in [4.69, 9.17) is 5.26 Å². The SMILES string of the molecule is CCCCCCCCCCCc1ccc(C#N)cc1. The van der Waals surface area contributed by atoms with E-state index in [0.29, 0.717) is 0 Å². The van der Waals surface area contributed by atoms with Gasteiger partial charge in [0.15, 0.2) is 0 Å². The molecule has 0 amide bonds. The van der Waals surface area contributed by atoms with Crippen molar-refractivity contribution in [2.24, 2.45) is 0 Å². The molecule has 19 heavy (non-hydrogen) atoms. The van der Waals surface area contributed by atoms with E-state index in [9.17, 15) is 0 Å². The Bertz CT molecular complexity index is 358. The molecule has 0 saturated heterocycles. The summed E-state index contributed by atoms with van der Waals surface area (Å²) in [7, 11) is 0. The summed E-state index contributed by atoms with van der Waals surface area (Å²) in [6.07, 6.45) is 13.5. The molecule has 0 aliphatic rings. The van der Waals surface area contributed by atoms with Gasteiger partial charge in [0.05, 0.1) is 11.6 Å². The smallest absolute Gasteiger partial charge is 0.0991 e. The molecule has 0 aliphatic heterocycles. The van der Waals surface area contributed by atoms with Crippen LogP contribution in [0.2, 0.25) is 0 Å². The first-order chi connectivity index (χ1) is 9.36. The minimum Gasteiger partial charge on any atom is -0.192 e. The second kappa shape index (κ2) is 10.6. The molecule has 0 saturated carbocycles. The topological polar surface area (TPSA) is 23.8 Å². The van der Waals surface area contributed by atoms with Crippen LogP contribution in [0.25, 0.3) is 0 Å².